The van der Waals surface area contributed by atoms with Crippen LogP contribution in [0.1, 0.15) is 23.2 Å². The van der Waals surface area contributed by atoms with E-state index in [1.807, 2.05) is 11.8 Å². The molecular formula is C12H16N2O2S. The number of nitrogens with two attached hydrogens (primary N) is 1. The molecule has 0 saturated carbocycles. The molecule has 1 fully saturated rings. The smallest absolute Gasteiger partial charge is 0.337 e. The van der Waals surface area contributed by atoms with Crippen LogP contribution in [0, 0.1) is 0 Å². The molecule has 4 nitrogen and oxygen atoms in total. The van der Waals surface area contributed by atoms with Crippen LogP contribution in [0.4, 0.5) is 11.4 Å². The summed E-state index contributed by atoms with van der Waals surface area (Å²) >= 11 is 1.89. The minimum absolute atomic E-state index is 0.251. The quantitative estimate of drug-likeness (QED) is 0.719. The Morgan fingerprint density at radius 1 is 1.53 bits per heavy atom. The molecule has 0 radical (unpaired) electrons. The number of carboxylic acid groups (broad SMARTS) is 1. The molecule has 1 heterocycles. The molecule has 17 heavy (non-hydrogen) atoms. The summed E-state index contributed by atoms with van der Waals surface area (Å²) in [4.78, 5) is 11.1. The lowest BCUT2D eigenvalue weighted by Gasteiger charge is -2.25. The first kappa shape index (κ1) is 12.1. The molecule has 1 aliphatic rings. The third kappa shape index (κ3) is 2.85. The zero-order valence-corrected chi connectivity index (χ0v) is 10.3. The van der Waals surface area contributed by atoms with Crippen molar-refractivity contribution in [1.29, 1.82) is 0 Å². The summed E-state index contributed by atoms with van der Waals surface area (Å²) in [6, 6.07) is 5.29. The maximum Gasteiger partial charge on any atom is 0.337 e. The fourth-order valence-corrected chi connectivity index (χ4v) is 3.04. The SMILES string of the molecule is Nc1cccc(C(=O)O)c1NC1CCCSC1. The second kappa shape index (κ2) is 5.31. The van der Waals surface area contributed by atoms with Crippen molar-refractivity contribution in [1.82, 2.24) is 0 Å². The van der Waals surface area contributed by atoms with Crippen LogP contribution in [-0.2, 0) is 0 Å². The van der Waals surface area contributed by atoms with E-state index < -0.39 is 5.97 Å². The van der Waals surface area contributed by atoms with Crippen LogP contribution in [-0.4, -0.2) is 28.6 Å². The van der Waals surface area contributed by atoms with E-state index in [2.05, 4.69) is 5.32 Å². The van der Waals surface area contributed by atoms with Gasteiger partial charge in [-0.3, -0.25) is 0 Å². The molecule has 1 atom stereocenters. The molecule has 1 unspecified atom stereocenters. The van der Waals surface area contributed by atoms with E-state index in [9.17, 15) is 4.79 Å². The first-order chi connectivity index (χ1) is 8.18. The number of anilines is 2. The maximum absolute atomic E-state index is 11.1. The summed E-state index contributed by atoms with van der Waals surface area (Å²) in [7, 11) is 0. The topological polar surface area (TPSA) is 75.4 Å². The Bertz CT molecular complexity index is 417. The van der Waals surface area contributed by atoms with Gasteiger partial charge in [0.1, 0.15) is 0 Å². The van der Waals surface area contributed by atoms with Crippen LogP contribution < -0.4 is 11.1 Å². The largest absolute Gasteiger partial charge is 0.478 e. The summed E-state index contributed by atoms with van der Waals surface area (Å²) in [5.74, 6) is 1.25. The van der Waals surface area contributed by atoms with Gasteiger partial charge < -0.3 is 16.2 Å². The highest BCUT2D eigenvalue weighted by molar-refractivity contribution is 7.99. The fraction of sp³-hybridized carbons (Fsp3) is 0.417. The molecule has 1 aromatic carbocycles. The zero-order chi connectivity index (χ0) is 12.3. The van der Waals surface area contributed by atoms with Gasteiger partial charge >= 0.3 is 5.97 Å². The molecule has 92 valence electrons. The van der Waals surface area contributed by atoms with Crippen molar-refractivity contribution in [2.75, 3.05) is 22.6 Å². The van der Waals surface area contributed by atoms with Crippen molar-refractivity contribution < 1.29 is 9.90 Å². The average molecular weight is 252 g/mol. The van der Waals surface area contributed by atoms with Crippen molar-refractivity contribution >= 4 is 29.1 Å². The molecule has 1 aromatic rings. The Kier molecular flexibility index (Phi) is 3.78. The lowest BCUT2D eigenvalue weighted by Crippen LogP contribution is -2.27. The van der Waals surface area contributed by atoms with E-state index in [0.717, 1.165) is 18.6 Å². The van der Waals surface area contributed by atoms with E-state index in [0.29, 0.717) is 17.4 Å². The third-order valence-corrected chi connectivity index (χ3v) is 4.05. The minimum Gasteiger partial charge on any atom is -0.478 e. The van der Waals surface area contributed by atoms with Crippen LogP contribution >= 0.6 is 11.8 Å². The maximum atomic E-state index is 11.1. The van der Waals surface area contributed by atoms with Crippen molar-refractivity contribution in [2.24, 2.45) is 0 Å². The molecule has 4 N–H and O–H groups in total. The van der Waals surface area contributed by atoms with Gasteiger partial charge in [0.25, 0.3) is 0 Å². The molecule has 1 saturated heterocycles. The molecule has 0 aromatic heterocycles. The summed E-state index contributed by atoms with van der Waals surface area (Å²) in [5, 5.41) is 12.4. The van der Waals surface area contributed by atoms with Gasteiger partial charge in [-0.1, -0.05) is 6.07 Å². The lowest BCUT2D eigenvalue weighted by molar-refractivity contribution is 0.0698. The first-order valence-electron chi connectivity index (χ1n) is 5.64. The van der Waals surface area contributed by atoms with Gasteiger partial charge in [0.2, 0.25) is 0 Å². The highest BCUT2D eigenvalue weighted by Gasteiger charge is 2.18. The molecule has 5 heteroatoms. The number of hydrogen-bond acceptors (Lipinski definition) is 4. The summed E-state index contributed by atoms with van der Waals surface area (Å²) in [5.41, 5.74) is 7.16. The number of para-hydroxylation sites is 1. The van der Waals surface area contributed by atoms with Gasteiger partial charge in [-0.25, -0.2) is 4.79 Å². The molecule has 0 bridgehead atoms. The first-order valence-corrected chi connectivity index (χ1v) is 6.80. The molecule has 1 aliphatic heterocycles. The van der Waals surface area contributed by atoms with Gasteiger partial charge in [0.05, 0.1) is 16.9 Å². The number of rotatable bonds is 3. The van der Waals surface area contributed by atoms with E-state index in [1.54, 1.807) is 18.2 Å². The molecule has 2 rings (SSSR count). The monoisotopic (exact) mass is 252 g/mol. The predicted molar refractivity (Wildman–Crippen MR) is 71.8 cm³/mol. The fourth-order valence-electron chi connectivity index (χ4n) is 1.97. The van der Waals surface area contributed by atoms with Crippen molar-refractivity contribution in [3.8, 4) is 0 Å². The highest BCUT2D eigenvalue weighted by atomic mass is 32.2. The van der Waals surface area contributed by atoms with Crippen molar-refractivity contribution in [3.63, 3.8) is 0 Å². The van der Waals surface area contributed by atoms with E-state index in [4.69, 9.17) is 10.8 Å². The van der Waals surface area contributed by atoms with Crippen LogP contribution in [0.5, 0.6) is 0 Å². The number of carboxylic acids is 1. The molecule has 0 aliphatic carbocycles. The van der Waals surface area contributed by atoms with E-state index in [-0.39, 0.29) is 5.56 Å². The van der Waals surface area contributed by atoms with Gasteiger partial charge in [0, 0.05) is 11.8 Å². The predicted octanol–water partition coefficient (Wildman–Crippen LogP) is 2.27. The number of aromatic carboxylic acids is 1. The number of nitrogen functional groups attached to an aromatic ring is 1. The van der Waals surface area contributed by atoms with Crippen LogP contribution in [0.3, 0.4) is 0 Å². The van der Waals surface area contributed by atoms with Crippen molar-refractivity contribution in [2.45, 2.75) is 18.9 Å². The normalized spacial score (nSPS) is 19.9. The van der Waals surface area contributed by atoms with Gasteiger partial charge in [-0.15, -0.1) is 0 Å². The van der Waals surface area contributed by atoms with Gasteiger partial charge in [0.15, 0.2) is 0 Å². The van der Waals surface area contributed by atoms with Crippen molar-refractivity contribution in [3.05, 3.63) is 23.8 Å². The minimum atomic E-state index is -0.941. The van der Waals surface area contributed by atoms with E-state index in [1.165, 1.54) is 5.75 Å². The van der Waals surface area contributed by atoms with Gasteiger partial charge in [-0.2, -0.15) is 11.8 Å². The average Bonchev–Trinajstić information content (AvgIpc) is 2.33. The number of nitrogens with one attached hydrogen (secondary N) is 1. The Hall–Kier alpha value is -1.36. The molecular weight excluding hydrogens is 236 g/mol. The molecule has 0 amide bonds. The zero-order valence-electron chi connectivity index (χ0n) is 9.48. The highest BCUT2D eigenvalue weighted by Crippen LogP contribution is 2.27. The Labute approximate surface area is 105 Å². The summed E-state index contributed by atoms with van der Waals surface area (Å²) in [6.45, 7) is 0. The number of carbonyl (C=O) groups is 1. The number of thioether (sulfide) groups is 1. The summed E-state index contributed by atoms with van der Waals surface area (Å²) in [6.07, 6.45) is 2.23. The second-order valence-electron chi connectivity index (χ2n) is 4.13. The Morgan fingerprint density at radius 3 is 3.00 bits per heavy atom. The van der Waals surface area contributed by atoms with Crippen LogP contribution in [0.2, 0.25) is 0 Å². The Balaban J connectivity index is 2.21. The number of hydrogen-bond donors (Lipinski definition) is 3. The molecule has 0 spiro atoms. The number of benzene rings is 1. The van der Waals surface area contributed by atoms with E-state index >= 15 is 0 Å². The van der Waals surface area contributed by atoms with Crippen LogP contribution in [0.15, 0.2) is 18.2 Å². The second-order valence-corrected chi connectivity index (χ2v) is 5.28. The van der Waals surface area contributed by atoms with Crippen LogP contribution in [0.25, 0.3) is 0 Å². The third-order valence-electron chi connectivity index (χ3n) is 2.84. The lowest BCUT2D eigenvalue weighted by atomic mass is 10.1. The Morgan fingerprint density at radius 2 is 2.35 bits per heavy atom. The van der Waals surface area contributed by atoms with Gasteiger partial charge in [-0.05, 0) is 30.7 Å². The standard InChI is InChI=1S/C12H16N2O2S/c13-10-5-1-4-9(12(15)16)11(10)14-8-3-2-6-17-7-8/h1,4-5,8,14H,2-3,6-7,13H2,(H,15,16). The summed E-state index contributed by atoms with van der Waals surface area (Å²) < 4.78 is 0.